The predicted octanol–water partition coefficient (Wildman–Crippen LogP) is 7.21. The molecule has 3 rings (SSSR count). The fourth-order valence-electron chi connectivity index (χ4n) is 4.01. The molecule has 1 aliphatic carbocycles. The Kier molecular flexibility index (Phi) is 11.3. The van der Waals surface area contributed by atoms with Gasteiger partial charge in [-0.1, -0.05) is 19.1 Å². The molecule has 5 nitrogen and oxygen atoms in total. The maximum atomic E-state index is 6.03. The normalized spacial score (nSPS) is 17.8. The van der Waals surface area contributed by atoms with Crippen LogP contribution in [-0.4, -0.2) is 25.9 Å². The van der Waals surface area contributed by atoms with Crippen molar-refractivity contribution < 1.29 is 24.0 Å². The highest BCUT2D eigenvalue weighted by Crippen LogP contribution is 2.26. The number of benzene rings is 2. The topological polar surface area (TPSA) is 46.2 Å². The third-order valence-electron chi connectivity index (χ3n) is 6.15. The minimum absolute atomic E-state index is 0.357. The van der Waals surface area contributed by atoms with Crippen LogP contribution in [0.1, 0.15) is 63.0 Å². The van der Waals surface area contributed by atoms with Crippen molar-refractivity contribution in [2.75, 3.05) is 19.8 Å². The van der Waals surface area contributed by atoms with Gasteiger partial charge in [-0.05, 0) is 105 Å². The minimum Gasteiger partial charge on any atom is -0.493 e. The largest absolute Gasteiger partial charge is 0.493 e. The van der Waals surface area contributed by atoms with E-state index in [0.717, 1.165) is 54.4 Å². The predicted molar refractivity (Wildman–Crippen MR) is 135 cm³/mol. The fraction of sp³-hybridized carbons (Fsp3) is 0.517. The monoisotopic (exact) mass is 468 g/mol. The third-order valence-corrected chi connectivity index (χ3v) is 6.15. The first-order valence-corrected chi connectivity index (χ1v) is 12.6. The van der Waals surface area contributed by atoms with Gasteiger partial charge in [0.2, 0.25) is 0 Å². The second-order valence-electron chi connectivity index (χ2n) is 9.15. The van der Waals surface area contributed by atoms with Crippen LogP contribution >= 0.6 is 0 Å². The molecule has 0 atom stereocenters. The second-order valence-corrected chi connectivity index (χ2v) is 9.15. The smallest absolute Gasteiger partial charge is 0.165 e. The zero-order valence-electron chi connectivity index (χ0n) is 20.8. The number of unbranched alkanes of at least 4 members (excludes halogenated alkanes) is 1. The molecule has 0 unspecified atom stereocenters. The Bertz CT molecular complexity index is 840. The zero-order valence-corrected chi connectivity index (χ0v) is 20.8. The molecular weight excluding hydrogens is 428 g/mol. The van der Waals surface area contributed by atoms with Crippen LogP contribution in [0.15, 0.2) is 55.1 Å². The molecule has 2 aromatic carbocycles. The summed E-state index contributed by atoms with van der Waals surface area (Å²) in [7, 11) is 0. The van der Waals surface area contributed by atoms with E-state index >= 15 is 0 Å². The molecule has 0 aromatic heterocycles. The molecule has 5 heteroatoms. The van der Waals surface area contributed by atoms with Crippen molar-refractivity contribution >= 4 is 0 Å². The van der Waals surface area contributed by atoms with E-state index < -0.39 is 0 Å². The van der Waals surface area contributed by atoms with Crippen LogP contribution in [0.3, 0.4) is 0 Å². The van der Waals surface area contributed by atoms with E-state index in [1.165, 1.54) is 25.7 Å². The van der Waals surface area contributed by atoms with Crippen LogP contribution in [0.4, 0.5) is 0 Å². The van der Waals surface area contributed by atoms with E-state index in [2.05, 4.69) is 26.5 Å². The van der Waals surface area contributed by atoms with Gasteiger partial charge in [-0.15, -0.1) is 6.58 Å². The first-order chi connectivity index (χ1) is 16.6. The molecule has 0 amide bonds. The minimum atomic E-state index is 0.357. The molecule has 0 radical (unpaired) electrons. The average Bonchev–Trinajstić information content (AvgIpc) is 2.85. The van der Waals surface area contributed by atoms with Crippen LogP contribution < -0.4 is 14.4 Å². The van der Waals surface area contributed by atoms with E-state index in [9.17, 15) is 0 Å². The average molecular weight is 469 g/mol. The summed E-state index contributed by atoms with van der Waals surface area (Å²) >= 11 is 0. The standard InChI is InChI=1S/C29H40O5/c1-4-5-18-30-27-13-15-28(16-14-27)34-33-22-25-10-17-29(24(3)21-25)32-20-7-6-19-31-26-11-8-23(2)9-12-26/h4,10,13-17,21,23,26H,1,5-9,11-12,18-20,22H2,2-3H3. The van der Waals surface area contributed by atoms with Crippen molar-refractivity contribution in [2.45, 2.75) is 71.5 Å². The summed E-state index contributed by atoms with van der Waals surface area (Å²) in [4.78, 5) is 10.8. The number of aryl methyl sites for hydroxylation is 1. The number of hydrogen-bond donors (Lipinski definition) is 0. The summed E-state index contributed by atoms with van der Waals surface area (Å²) in [6.45, 7) is 10.6. The highest BCUT2D eigenvalue weighted by molar-refractivity contribution is 5.36. The number of rotatable bonds is 15. The molecule has 0 saturated heterocycles. The van der Waals surface area contributed by atoms with Gasteiger partial charge in [0.05, 0.1) is 19.3 Å². The molecule has 1 aliphatic rings. The van der Waals surface area contributed by atoms with Crippen LogP contribution in [-0.2, 0) is 16.2 Å². The van der Waals surface area contributed by atoms with Gasteiger partial charge in [-0.25, -0.2) is 0 Å². The first kappa shape index (κ1) is 26.1. The summed E-state index contributed by atoms with van der Waals surface area (Å²) in [6, 6.07) is 13.5. The van der Waals surface area contributed by atoms with Gasteiger partial charge in [0, 0.05) is 6.61 Å². The molecule has 1 saturated carbocycles. The van der Waals surface area contributed by atoms with E-state index in [1.807, 2.05) is 42.5 Å². The maximum Gasteiger partial charge on any atom is 0.165 e. The highest BCUT2D eigenvalue weighted by Gasteiger charge is 2.18. The molecule has 0 spiro atoms. The Morgan fingerprint density at radius 1 is 0.882 bits per heavy atom. The molecule has 0 N–H and O–H groups in total. The summed E-state index contributed by atoms with van der Waals surface area (Å²) in [6.07, 6.45) is 10.2. The van der Waals surface area contributed by atoms with Gasteiger partial charge in [-0.2, -0.15) is 4.89 Å². The molecule has 0 bridgehead atoms. The van der Waals surface area contributed by atoms with Crippen LogP contribution in [0.2, 0.25) is 0 Å². The lowest BCUT2D eigenvalue weighted by atomic mass is 9.89. The Morgan fingerprint density at radius 2 is 1.62 bits per heavy atom. The van der Waals surface area contributed by atoms with Crippen LogP contribution in [0.25, 0.3) is 0 Å². The van der Waals surface area contributed by atoms with E-state index in [-0.39, 0.29) is 0 Å². The summed E-state index contributed by atoms with van der Waals surface area (Å²) in [5.41, 5.74) is 2.12. The lowest BCUT2D eigenvalue weighted by molar-refractivity contribution is -0.217. The van der Waals surface area contributed by atoms with Crippen molar-refractivity contribution in [3.05, 3.63) is 66.2 Å². The molecule has 1 fully saturated rings. The van der Waals surface area contributed by atoms with Crippen LogP contribution in [0, 0.1) is 12.8 Å². The lowest BCUT2D eigenvalue weighted by Gasteiger charge is -2.26. The van der Waals surface area contributed by atoms with Gasteiger partial charge < -0.3 is 19.1 Å². The van der Waals surface area contributed by atoms with Gasteiger partial charge >= 0.3 is 0 Å². The molecule has 0 heterocycles. The molecule has 0 aliphatic heterocycles. The highest BCUT2D eigenvalue weighted by atomic mass is 17.2. The Hall–Kier alpha value is -2.50. The van der Waals surface area contributed by atoms with Crippen LogP contribution in [0.5, 0.6) is 17.2 Å². The van der Waals surface area contributed by atoms with Crippen molar-refractivity contribution in [1.29, 1.82) is 0 Å². The van der Waals surface area contributed by atoms with E-state index in [4.69, 9.17) is 24.0 Å². The van der Waals surface area contributed by atoms with Gasteiger partial charge in [-0.3, -0.25) is 0 Å². The van der Waals surface area contributed by atoms with Gasteiger partial charge in [0.25, 0.3) is 0 Å². The van der Waals surface area contributed by atoms with Crippen molar-refractivity contribution in [3.8, 4) is 17.2 Å². The fourth-order valence-corrected chi connectivity index (χ4v) is 4.01. The molecular formula is C29H40O5. The SMILES string of the molecule is C=CCCOc1ccc(OOCc2ccc(OCCCCOC3CCC(C)CC3)c(C)c2)cc1. The quantitative estimate of drug-likeness (QED) is 0.120. The van der Waals surface area contributed by atoms with Crippen molar-refractivity contribution in [2.24, 2.45) is 5.92 Å². The molecule has 34 heavy (non-hydrogen) atoms. The summed E-state index contributed by atoms with van der Waals surface area (Å²) < 4.78 is 17.6. The lowest BCUT2D eigenvalue weighted by Crippen LogP contribution is -2.21. The second kappa shape index (κ2) is 14.7. The zero-order chi connectivity index (χ0) is 24.0. The summed E-state index contributed by atoms with van der Waals surface area (Å²) in [5.74, 6) is 3.22. The Labute approximate surface area is 204 Å². The summed E-state index contributed by atoms with van der Waals surface area (Å²) in [5, 5.41) is 0. The van der Waals surface area contributed by atoms with Gasteiger partial charge in [0.1, 0.15) is 18.1 Å². The van der Waals surface area contributed by atoms with Crippen molar-refractivity contribution in [3.63, 3.8) is 0 Å². The molecule has 186 valence electrons. The van der Waals surface area contributed by atoms with E-state index in [0.29, 0.717) is 31.7 Å². The van der Waals surface area contributed by atoms with Gasteiger partial charge in [0.15, 0.2) is 5.75 Å². The Balaban J connectivity index is 1.29. The molecule has 2 aromatic rings. The third kappa shape index (κ3) is 9.40. The maximum absolute atomic E-state index is 6.03. The first-order valence-electron chi connectivity index (χ1n) is 12.6. The number of hydrogen-bond acceptors (Lipinski definition) is 5. The Morgan fingerprint density at radius 3 is 2.35 bits per heavy atom. The van der Waals surface area contributed by atoms with Crippen molar-refractivity contribution in [1.82, 2.24) is 0 Å². The van der Waals surface area contributed by atoms with E-state index in [1.54, 1.807) is 0 Å². The number of ether oxygens (including phenoxy) is 3.